The monoisotopic (exact) mass is 485 g/mol. The van der Waals surface area contributed by atoms with Gasteiger partial charge in [0.1, 0.15) is 0 Å². The van der Waals surface area contributed by atoms with Crippen LogP contribution in [0.3, 0.4) is 0 Å². The number of sulfonamides is 1. The summed E-state index contributed by atoms with van der Waals surface area (Å²) in [5.74, 6) is -0.542. The fourth-order valence-electron chi connectivity index (χ4n) is 5.24. The van der Waals surface area contributed by atoms with Gasteiger partial charge < -0.3 is 14.9 Å². The Morgan fingerprint density at radius 3 is 2.41 bits per heavy atom. The van der Waals surface area contributed by atoms with Gasteiger partial charge >= 0.3 is 5.97 Å². The van der Waals surface area contributed by atoms with Crippen LogP contribution in [0, 0.1) is 26.7 Å². The summed E-state index contributed by atoms with van der Waals surface area (Å²) in [4.78, 5) is 17.0. The number of likely N-dealkylation sites (tertiary alicyclic amines) is 1. The highest BCUT2D eigenvalue weighted by atomic mass is 32.2. The molecule has 8 heteroatoms. The van der Waals surface area contributed by atoms with E-state index in [1.54, 1.807) is 25.1 Å². The number of piperidine rings is 1. The molecular weight excluding hydrogens is 450 g/mol. The molecule has 0 radical (unpaired) electrons. The number of carboxylic acid groups (broad SMARTS) is 1. The minimum atomic E-state index is -3.85. The summed E-state index contributed by atoms with van der Waals surface area (Å²) in [7, 11) is -3.85. The molecule has 0 saturated carbocycles. The van der Waals surface area contributed by atoms with Crippen molar-refractivity contribution < 1.29 is 18.3 Å². The van der Waals surface area contributed by atoms with Crippen molar-refractivity contribution in [3.05, 3.63) is 52.6 Å². The third kappa shape index (κ3) is 5.39. The molecule has 2 saturated heterocycles. The maximum absolute atomic E-state index is 13.1. The number of benzene rings is 2. The van der Waals surface area contributed by atoms with Gasteiger partial charge in [0.15, 0.2) is 0 Å². The van der Waals surface area contributed by atoms with Crippen molar-refractivity contribution in [2.24, 2.45) is 5.92 Å². The van der Waals surface area contributed by atoms with E-state index in [0.717, 1.165) is 56.7 Å². The van der Waals surface area contributed by atoms with E-state index < -0.39 is 16.0 Å². The normalized spacial score (nSPS) is 19.4. The Bertz CT molecular complexity index is 1170. The number of carbonyl (C=O) groups is 1. The molecule has 0 bridgehead atoms. The minimum absolute atomic E-state index is 0.124. The van der Waals surface area contributed by atoms with Crippen molar-refractivity contribution in [3.8, 4) is 0 Å². The number of anilines is 2. The van der Waals surface area contributed by atoms with Crippen molar-refractivity contribution in [1.82, 2.24) is 4.90 Å². The Labute approximate surface area is 202 Å². The van der Waals surface area contributed by atoms with Gasteiger partial charge in [0.25, 0.3) is 10.0 Å². The van der Waals surface area contributed by atoms with Gasteiger partial charge in [-0.2, -0.15) is 0 Å². The number of hydrogen-bond donors (Lipinski definition) is 2. The standard InChI is InChI=1S/C26H35N3O4S/c1-18-13-20(3)25(14-19(18)2)34(32,33)27-22-8-9-24(23(15-22)26(30)31)29-12-6-7-21(17-29)16-28-10-4-5-11-28/h8-9,13-15,21,27H,4-7,10-12,16-17H2,1-3H3,(H,30,31)/t21-/m1/s1. The van der Waals surface area contributed by atoms with E-state index >= 15 is 0 Å². The number of nitrogens with one attached hydrogen (secondary N) is 1. The molecule has 2 fully saturated rings. The lowest BCUT2D eigenvalue weighted by atomic mass is 9.96. The number of aromatic carboxylic acids is 1. The number of aryl methyl sites for hydroxylation is 3. The smallest absolute Gasteiger partial charge is 0.337 e. The van der Waals surface area contributed by atoms with Gasteiger partial charge in [-0.3, -0.25) is 4.72 Å². The summed E-state index contributed by atoms with van der Waals surface area (Å²) in [6, 6.07) is 8.36. The fraction of sp³-hybridized carbons (Fsp3) is 0.500. The van der Waals surface area contributed by atoms with E-state index in [4.69, 9.17) is 0 Å². The van der Waals surface area contributed by atoms with Crippen LogP contribution in [0.25, 0.3) is 0 Å². The molecule has 0 aromatic heterocycles. The Hall–Kier alpha value is -2.58. The minimum Gasteiger partial charge on any atom is -0.478 e. The second kappa shape index (κ2) is 9.96. The predicted octanol–water partition coefficient (Wildman–Crippen LogP) is 4.42. The summed E-state index contributed by atoms with van der Waals surface area (Å²) in [6.07, 6.45) is 4.71. The van der Waals surface area contributed by atoms with Crippen LogP contribution < -0.4 is 9.62 Å². The van der Waals surface area contributed by atoms with E-state index in [9.17, 15) is 18.3 Å². The molecule has 34 heavy (non-hydrogen) atoms. The van der Waals surface area contributed by atoms with E-state index in [-0.39, 0.29) is 16.1 Å². The average molecular weight is 486 g/mol. The Balaban J connectivity index is 1.56. The van der Waals surface area contributed by atoms with Crippen molar-refractivity contribution in [3.63, 3.8) is 0 Å². The average Bonchev–Trinajstić information content (AvgIpc) is 3.29. The van der Waals surface area contributed by atoms with Gasteiger partial charge in [0.05, 0.1) is 16.1 Å². The molecule has 7 nitrogen and oxygen atoms in total. The molecule has 0 amide bonds. The van der Waals surface area contributed by atoms with Crippen LogP contribution in [0.2, 0.25) is 0 Å². The molecule has 0 spiro atoms. The summed E-state index contributed by atoms with van der Waals surface area (Å²) < 4.78 is 28.8. The lowest BCUT2D eigenvalue weighted by Crippen LogP contribution is -2.41. The first kappa shape index (κ1) is 24.5. The zero-order valence-corrected chi connectivity index (χ0v) is 21.1. The van der Waals surface area contributed by atoms with Crippen LogP contribution in [0.4, 0.5) is 11.4 Å². The van der Waals surface area contributed by atoms with Gasteiger partial charge in [-0.15, -0.1) is 0 Å². The third-order valence-corrected chi connectivity index (χ3v) is 8.66. The Kier molecular flexibility index (Phi) is 7.19. The molecule has 1 atom stereocenters. The van der Waals surface area contributed by atoms with Crippen molar-refractivity contribution in [2.45, 2.75) is 51.3 Å². The van der Waals surface area contributed by atoms with Crippen molar-refractivity contribution in [1.29, 1.82) is 0 Å². The zero-order chi connectivity index (χ0) is 24.5. The molecule has 2 aliphatic rings. The van der Waals surface area contributed by atoms with Crippen molar-refractivity contribution >= 4 is 27.4 Å². The van der Waals surface area contributed by atoms with Crippen molar-refractivity contribution in [2.75, 3.05) is 42.3 Å². The quantitative estimate of drug-likeness (QED) is 0.603. The molecule has 2 aromatic carbocycles. The molecule has 2 aromatic rings. The van der Waals surface area contributed by atoms with Crippen LogP contribution in [0.15, 0.2) is 35.2 Å². The van der Waals surface area contributed by atoms with Crippen LogP contribution in [0.5, 0.6) is 0 Å². The van der Waals surface area contributed by atoms with E-state index in [2.05, 4.69) is 14.5 Å². The summed E-state index contributed by atoms with van der Waals surface area (Å²) in [5, 5.41) is 9.93. The topological polar surface area (TPSA) is 90.0 Å². The third-order valence-electron chi connectivity index (χ3n) is 7.13. The lowest BCUT2D eigenvalue weighted by Gasteiger charge is -2.36. The maximum atomic E-state index is 13.1. The second-order valence-electron chi connectivity index (χ2n) is 9.81. The van der Waals surface area contributed by atoms with E-state index in [0.29, 0.717) is 17.2 Å². The highest BCUT2D eigenvalue weighted by Gasteiger charge is 2.27. The summed E-state index contributed by atoms with van der Waals surface area (Å²) >= 11 is 0. The predicted molar refractivity (Wildman–Crippen MR) is 135 cm³/mol. The molecule has 0 aliphatic carbocycles. The molecule has 2 N–H and O–H groups in total. The molecule has 2 heterocycles. The van der Waals surface area contributed by atoms with Gasteiger partial charge in [-0.05, 0) is 106 Å². The number of rotatable bonds is 7. The molecular formula is C26H35N3O4S. The number of nitrogens with zero attached hydrogens (tertiary/aromatic N) is 2. The largest absolute Gasteiger partial charge is 0.478 e. The SMILES string of the molecule is Cc1cc(C)c(S(=O)(=O)Nc2ccc(N3CCC[C@H](CN4CCCC4)C3)c(C(=O)O)c2)cc1C. The second-order valence-corrected chi connectivity index (χ2v) is 11.5. The zero-order valence-electron chi connectivity index (χ0n) is 20.3. The number of carboxylic acids is 1. The van der Waals surface area contributed by atoms with Crippen LogP contribution >= 0.6 is 0 Å². The molecule has 2 aliphatic heterocycles. The molecule has 0 unspecified atom stereocenters. The van der Waals surface area contributed by atoms with Gasteiger partial charge in [0, 0.05) is 25.3 Å². The van der Waals surface area contributed by atoms with Crippen LogP contribution in [0.1, 0.15) is 52.7 Å². The first-order valence-corrected chi connectivity index (χ1v) is 13.6. The Morgan fingerprint density at radius 2 is 1.71 bits per heavy atom. The highest BCUT2D eigenvalue weighted by Crippen LogP contribution is 2.31. The maximum Gasteiger partial charge on any atom is 0.337 e. The Morgan fingerprint density at radius 1 is 1.00 bits per heavy atom. The fourth-order valence-corrected chi connectivity index (χ4v) is 6.61. The van der Waals surface area contributed by atoms with Gasteiger partial charge in [0.2, 0.25) is 0 Å². The first-order chi connectivity index (χ1) is 16.1. The first-order valence-electron chi connectivity index (χ1n) is 12.1. The molecule has 4 rings (SSSR count). The van der Waals surface area contributed by atoms with Gasteiger partial charge in [-0.25, -0.2) is 13.2 Å². The molecule has 184 valence electrons. The van der Waals surface area contributed by atoms with Gasteiger partial charge in [-0.1, -0.05) is 6.07 Å². The lowest BCUT2D eigenvalue weighted by molar-refractivity contribution is 0.0697. The highest BCUT2D eigenvalue weighted by molar-refractivity contribution is 7.92. The van der Waals surface area contributed by atoms with E-state index in [1.165, 1.54) is 18.9 Å². The van der Waals surface area contributed by atoms with Crippen LogP contribution in [-0.4, -0.2) is 57.1 Å². The summed E-state index contributed by atoms with van der Waals surface area (Å²) in [5.41, 5.74) is 3.61. The summed E-state index contributed by atoms with van der Waals surface area (Å²) in [6.45, 7) is 10.6. The van der Waals surface area contributed by atoms with E-state index in [1.807, 2.05) is 19.9 Å². The number of hydrogen-bond acceptors (Lipinski definition) is 5. The van der Waals surface area contributed by atoms with Crippen LogP contribution in [-0.2, 0) is 10.0 Å².